The van der Waals surface area contributed by atoms with Crippen LogP contribution in [0.5, 0.6) is 0 Å². The summed E-state index contributed by atoms with van der Waals surface area (Å²) >= 11 is 0. The van der Waals surface area contributed by atoms with E-state index in [0.717, 1.165) is 11.4 Å². The first-order valence-electron chi connectivity index (χ1n) is 8.20. The summed E-state index contributed by atoms with van der Waals surface area (Å²) in [5, 5.41) is 6.45. The van der Waals surface area contributed by atoms with Crippen LogP contribution < -0.4 is 10.6 Å². The SMILES string of the molecule is CCCCCCC(C)Nc1cccc(NC(=O)C(C)C)c1. The van der Waals surface area contributed by atoms with Crippen molar-refractivity contribution >= 4 is 17.3 Å². The second-order valence-electron chi connectivity index (χ2n) is 6.12. The quantitative estimate of drug-likeness (QED) is 0.625. The molecular formula is C18H30N2O. The molecule has 0 fully saturated rings. The van der Waals surface area contributed by atoms with Gasteiger partial charge in [-0.25, -0.2) is 0 Å². The van der Waals surface area contributed by atoms with Crippen LogP contribution in [0.3, 0.4) is 0 Å². The lowest BCUT2D eigenvalue weighted by Gasteiger charge is -2.16. The fourth-order valence-corrected chi connectivity index (χ4v) is 2.21. The number of benzene rings is 1. The Balaban J connectivity index is 2.46. The van der Waals surface area contributed by atoms with Gasteiger partial charge in [0, 0.05) is 23.3 Å². The van der Waals surface area contributed by atoms with Gasteiger partial charge in [-0.15, -0.1) is 0 Å². The molecule has 0 radical (unpaired) electrons. The average Bonchev–Trinajstić information content (AvgIpc) is 2.44. The highest BCUT2D eigenvalue weighted by molar-refractivity contribution is 5.92. The van der Waals surface area contributed by atoms with Gasteiger partial charge in [0.2, 0.25) is 5.91 Å². The van der Waals surface area contributed by atoms with Crippen LogP contribution in [-0.2, 0) is 4.79 Å². The number of nitrogens with one attached hydrogen (secondary N) is 2. The van der Waals surface area contributed by atoms with Gasteiger partial charge >= 0.3 is 0 Å². The van der Waals surface area contributed by atoms with Crippen molar-refractivity contribution < 1.29 is 4.79 Å². The lowest BCUT2D eigenvalue weighted by atomic mass is 10.1. The maximum Gasteiger partial charge on any atom is 0.226 e. The van der Waals surface area contributed by atoms with Gasteiger partial charge in [-0.05, 0) is 31.5 Å². The highest BCUT2D eigenvalue weighted by Crippen LogP contribution is 2.18. The van der Waals surface area contributed by atoms with E-state index in [0.29, 0.717) is 6.04 Å². The van der Waals surface area contributed by atoms with Gasteiger partial charge in [0.15, 0.2) is 0 Å². The van der Waals surface area contributed by atoms with Crippen molar-refractivity contribution in [3.8, 4) is 0 Å². The highest BCUT2D eigenvalue weighted by Gasteiger charge is 2.08. The topological polar surface area (TPSA) is 41.1 Å². The summed E-state index contributed by atoms with van der Waals surface area (Å²) in [6.45, 7) is 8.25. The third-order valence-corrected chi connectivity index (χ3v) is 3.56. The summed E-state index contributed by atoms with van der Waals surface area (Å²) in [5.41, 5.74) is 1.93. The summed E-state index contributed by atoms with van der Waals surface area (Å²) < 4.78 is 0. The molecule has 3 nitrogen and oxygen atoms in total. The van der Waals surface area contributed by atoms with Gasteiger partial charge in [-0.2, -0.15) is 0 Å². The van der Waals surface area contributed by atoms with E-state index in [4.69, 9.17) is 0 Å². The van der Waals surface area contributed by atoms with Crippen molar-refractivity contribution in [3.63, 3.8) is 0 Å². The zero-order valence-corrected chi connectivity index (χ0v) is 13.9. The van der Waals surface area contributed by atoms with Crippen molar-refractivity contribution in [2.24, 2.45) is 5.92 Å². The van der Waals surface area contributed by atoms with E-state index in [1.54, 1.807) is 0 Å². The Bertz CT molecular complexity index is 429. The molecule has 0 bridgehead atoms. The fourth-order valence-electron chi connectivity index (χ4n) is 2.21. The number of amides is 1. The van der Waals surface area contributed by atoms with Crippen molar-refractivity contribution in [2.45, 2.75) is 65.8 Å². The first kappa shape index (κ1) is 17.5. The van der Waals surface area contributed by atoms with Crippen LogP contribution in [0.15, 0.2) is 24.3 Å². The number of carbonyl (C=O) groups excluding carboxylic acids is 1. The molecule has 0 aromatic heterocycles. The molecule has 3 heteroatoms. The fraction of sp³-hybridized carbons (Fsp3) is 0.611. The molecule has 1 rings (SSSR count). The molecule has 0 saturated carbocycles. The van der Waals surface area contributed by atoms with Gasteiger partial charge in [0.1, 0.15) is 0 Å². The summed E-state index contributed by atoms with van der Waals surface area (Å²) in [5.74, 6) is 0.0545. The second kappa shape index (κ2) is 9.43. The van der Waals surface area contributed by atoms with Crippen LogP contribution >= 0.6 is 0 Å². The van der Waals surface area contributed by atoms with Crippen LogP contribution in [0.25, 0.3) is 0 Å². The molecule has 1 atom stereocenters. The normalized spacial score (nSPS) is 12.2. The molecular weight excluding hydrogens is 260 g/mol. The largest absolute Gasteiger partial charge is 0.383 e. The summed E-state index contributed by atoms with van der Waals surface area (Å²) in [6.07, 6.45) is 6.37. The van der Waals surface area contributed by atoms with Crippen LogP contribution in [0, 0.1) is 5.92 Å². The van der Waals surface area contributed by atoms with Crippen LogP contribution in [0.2, 0.25) is 0 Å². The Labute approximate surface area is 129 Å². The number of carbonyl (C=O) groups is 1. The third-order valence-electron chi connectivity index (χ3n) is 3.56. The Hall–Kier alpha value is -1.51. The maximum atomic E-state index is 11.7. The minimum atomic E-state index is -0.000829. The number of hydrogen-bond acceptors (Lipinski definition) is 2. The minimum absolute atomic E-state index is 0.000829. The van der Waals surface area contributed by atoms with Crippen molar-refractivity contribution in [1.82, 2.24) is 0 Å². The first-order valence-corrected chi connectivity index (χ1v) is 8.20. The third kappa shape index (κ3) is 7.16. The smallest absolute Gasteiger partial charge is 0.226 e. The summed E-state index contributed by atoms with van der Waals surface area (Å²) in [7, 11) is 0. The number of anilines is 2. The van der Waals surface area contributed by atoms with Gasteiger partial charge in [0.05, 0.1) is 0 Å². The predicted molar refractivity (Wildman–Crippen MR) is 91.8 cm³/mol. The number of rotatable bonds is 9. The standard InChI is InChI=1S/C18H30N2O/c1-5-6-7-8-10-15(4)19-16-11-9-12-17(13-16)20-18(21)14(2)3/h9,11-15,19H,5-8,10H2,1-4H3,(H,20,21). The zero-order valence-electron chi connectivity index (χ0n) is 13.9. The lowest BCUT2D eigenvalue weighted by Crippen LogP contribution is -2.18. The Morgan fingerprint density at radius 2 is 1.81 bits per heavy atom. The Morgan fingerprint density at radius 1 is 1.10 bits per heavy atom. The lowest BCUT2D eigenvalue weighted by molar-refractivity contribution is -0.118. The molecule has 1 aromatic carbocycles. The van der Waals surface area contributed by atoms with E-state index in [1.807, 2.05) is 38.1 Å². The monoisotopic (exact) mass is 290 g/mol. The molecule has 1 amide bonds. The molecule has 0 aliphatic carbocycles. The van der Waals surface area contributed by atoms with E-state index in [1.165, 1.54) is 32.1 Å². The molecule has 0 saturated heterocycles. The molecule has 0 spiro atoms. The van der Waals surface area contributed by atoms with Crippen LogP contribution in [0.1, 0.15) is 59.8 Å². The molecule has 0 aliphatic rings. The zero-order chi connectivity index (χ0) is 15.7. The van der Waals surface area contributed by atoms with Crippen molar-refractivity contribution in [3.05, 3.63) is 24.3 Å². The molecule has 0 aliphatic heterocycles. The van der Waals surface area contributed by atoms with Gasteiger partial charge < -0.3 is 10.6 Å². The number of hydrogen-bond donors (Lipinski definition) is 2. The van der Waals surface area contributed by atoms with Gasteiger partial charge in [-0.3, -0.25) is 4.79 Å². The molecule has 1 aromatic rings. The molecule has 1 unspecified atom stereocenters. The van der Waals surface area contributed by atoms with E-state index in [2.05, 4.69) is 24.5 Å². The minimum Gasteiger partial charge on any atom is -0.383 e. The maximum absolute atomic E-state index is 11.7. The van der Waals surface area contributed by atoms with Crippen LogP contribution in [0.4, 0.5) is 11.4 Å². The van der Waals surface area contributed by atoms with E-state index < -0.39 is 0 Å². The average molecular weight is 290 g/mol. The molecule has 118 valence electrons. The first-order chi connectivity index (χ1) is 10.0. The molecule has 21 heavy (non-hydrogen) atoms. The van der Waals surface area contributed by atoms with E-state index in [-0.39, 0.29) is 11.8 Å². The van der Waals surface area contributed by atoms with Crippen molar-refractivity contribution in [2.75, 3.05) is 10.6 Å². The van der Waals surface area contributed by atoms with E-state index >= 15 is 0 Å². The Kier molecular flexibility index (Phi) is 7.88. The highest BCUT2D eigenvalue weighted by atomic mass is 16.1. The Morgan fingerprint density at radius 3 is 2.48 bits per heavy atom. The van der Waals surface area contributed by atoms with Gasteiger partial charge in [-0.1, -0.05) is 52.5 Å². The molecule has 2 N–H and O–H groups in total. The van der Waals surface area contributed by atoms with Crippen molar-refractivity contribution in [1.29, 1.82) is 0 Å². The summed E-state index contributed by atoms with van der Waals surface area (Å²) in [4.78, 5) is 11.7. The number of unbranched alkanes of at least 4 members (excludes halogenated alkanes) is 3. The second-order valence-corrected chi connectivity index (χ2v) is 6.12. The van der Waals surface area contributed by atoms with E-state index in [9.17, 15) is 4.79 Å². The van der Waals surface area contributed by atoms with Crippen LogP contribution in [-0.4, -0.2) is 11.9 Å². The predicted octanol–water partition coefficient (Wildman–Crippen LogP) is 5.05. The summed E-state index contributed by atoms with van der Waals surface area (Å²) in [6, 6.07) is 8.41. The van der Waals surface area contributed by atoms with Gasteiger partial charge in [0.25, 0.3) is 0 Å². The molecule has 0 heterocycles.